The normalized spacial score (nSPS) is 16.3. The quantitative estimate of drug-likeness (QED) is 0.708. The van der Waals surface area contributed by atoms with Crippen LogP contribution in [0.3, 0.4) is 0 Å². The molecule has 0 unspecified atom stereocenters. The molecular weight excluding hydrogens is 380 g/mol. The number of H-pyrrole nitrogens is 1. The van der Waals surface area contributed by atoms with Gasteiger partial charge in [0.1, 0.15) is 5.82 Å². The average Bonchev–Trinajstić information content (AvgIpc) is 3.14. The van der Waals surface area contributed by atoms with Crippen LogP contribution in [0.25, 0.3) is 10.9 Å². The van der Waals surface area contributed by atoms with Crippen LogP contribution in [0.5, 0.6) is 0 Å². The largest absolute Gasteiger partial charge is 0.335 e. The number of hydrogen-bond donors (Lipinski definition) is 1. The number of aryl methyl sites for hydroxylation is 1. The van der Waals surface area contributed by atoms with Crippen LogP contribution >= 0.6 is 0 Å². The van der Waals surface area contributed by atoms with E-state index in [2.05, 4.69) is 9.97 Å². The monoisotopic (exact) mass is 404 g/mol. The van der Waals surface area contributed by atoms with Crippen molar-refractivity contribution in [3.63, 3.8) is 0 Å². The second-order valence-corrected chi connectivity index (χ2v) is 7.62. The Hall–Kier alpha value is -3.48. The molecule has 0 bridgehead atoms. The maximum absolute atomic E-state index is 13.1. The number of hydrogen-bond acceptors (Lipinski definition) is 4. The number of benzene rings is 2. The van der Waals surface area contributed by atoms with E-state index >= 15 is 0 Å². The summed E-state index contributed by atoms with van der Waals surface area (Å²) in [4.78, 5) is 48.6. The van der Waals surface area contributed by atoms with Crippen molar-refractivity contribution < 1.29 is 9.59 Å². The lowest BCUT2D eigenvalue weighted by molar-refractivity contribution is -0.136. The van der Waals surface area contributed by atoms with E-state index in [1.54, 1.807) is 28.0 Å². The summed E-state index contributed by atoms with van der Waals surface area (Å²) in [6.45, 7) is 4.89. The van der Waals surface area contributed by atoms with Crippen LogP contribution in [0.15, 0.2) is 53.3 Å². The van der Waals surface area contributed by atoms with Gasteiger partial charge < -0.3 is 14.8 Å². The van der Waals surface area contributed by atoms with Gasteiger partial charge in [0.2, 0.25) is 11.8 Å². The predicted octanol–water partition coefficient (Wildman–Crippen LogP) is 2.63. The van der Waals surface area contributed by atoms with Crippen molar-refractivity contribution in [2.24, 2.45) is 5.92 Å². The number of aromatic amines is 1. The summed E-state index contributed by atoms with van der Waals surface area (Å²) in [6.07, 6.45) is 0.185. The van der Waals surface area contributed by atoms with Crippen molar-refractivity contribution in [2.45, 2.75) is 26.8 Å². The van der Waals surface area contributed by atoms with Crippen LogP contribution in [0, 0.1) is 12.8 Å². The smallest absolute Gasteiger partial charge is 0.258 e. The molecule has 2 heterocycles. The molecule has 0 aliphatic carbocycles. The Morgan fingerprint density at radius 1 is 1.17 bits per heavy atom. The Morgan fingerprint density at radius 2 is 1.90 bits per heavy atom. The highest BCUT2D eigenvalue weighted by Crippen LogP contribution is 2.27. The number of nitrogens with zero attached hydrogens (tertiary/aromatic N) is 3. The number of aromatic nitrogens is 2. The molecule has 1 aliphatic heterocycles. The highest BCUT2D eigenvalue weighted by atomic mass is 16.2. The van der Waals surface area contributed by atoms with E-state index < -0.39 is 5.92 Å². The standard InChI is InChI=1S/C23H24N4O3/c1-3-26(14-20-24-19-7-5-4-6-18(19)22(29)25-20)23(30)16-12-21(28)27(13-16)17-10-8-15(2)9-11-17/h4-11,16H,3,12-14H2,1-2H3,(H,24,25,29)/t16-/m0/s1. The molecule has 1 N–H and O–H groups in total. The van der Waals surface area contributed by atoms with Crippen molar-refractivity contribution in [1.82, 2.24) is 14.9 Å². The third kappa shape index (κ3) is 3.83. The Morgan fingerprint density at radius 3 is 2.63 bits per heavy atom. The number of rotatable bonds is 5. The van der Waals surface area contributed by atoms with E-state index in [-0.39, 0.29) is 30.3 Å². The Kier molecular flexibility index (Phi) is 5.35. The molecule has 0 saturated carbocycles. The minimum absolute atomic E-state index is 0.0505. The van der Waals surface area contributed by atoms with Gasteiger partial charge in [0.25, 0.3) is 5.56 Å². The third-order valence-electron chi connectivity index (χ3n) is 5.52. The first kappa shape index (κ1) is 19.8. The summed E-state index contributed by atoms with van der Waals surface area (Å²) in [5, 5.41) is 0.519. The van der Waals surface area contributed by atoms with Crippen LogP contribution in [-0.2, 0) is 16.1 Å². The van der Waals surface area contributed by atoms with Gasteiger partial charge in [0, 0.05) is 25.2 Å². The zero-order valence-corrected chi connectivity index (χ0v) is 17.1. The molecule has 7 nitrogen and oxygen atoms in total. The number of nitrogens with one attached hydrogen (secondary N) is 1. The first-order chi connectivity index (χ1) is 14.5. The van der Waals surface area contributed by atoms with Gasteiger partial charge in [-0.1, -0.05) is 29.8 Å². The van der Waals surface area contributed by atoms with Gasteiger partial charge in [-0.15, -0.1) is 0 Å². The molecule has 1 fully saturated rings. The Balaban J connectivity index is 1.51. The molecule has 2 aromatic carbocycles. The minimum Gasteiger partial charge on any atom is -0.335 e. The molecule has 4 rings (SSSR count). The SMILES string of the molecule is CCN(Cc1nc2ccccc2c(=O)[nH]1)C(=O)[C@H]1CC(=O)N(c2ccc(C)cc2)C1. The fourth-order valence-corrected chi connectivity index (χ4v) is 3.84. The van der Waals surface area contributed by atoms with Gasteiger partial charge in [0.05, 0.1) is 23.4 Å². The van der Waals surface area contributed by atoms with E-state index in [1.165, 1.54) is 0 Å². The second kappa shape index (κ2) is 8.10. The molecule has 1 atom stereocenters. The number of anilines is 1. The number of para-hydroxylation sites is 1. The first-order valence-corrected chi connectivity index (χ1v) is 10.1. The summed E-state index contributed by atoms with van der Waals surface area (Å²) in [5.41, 5.74) is 2.30. The number of carbonyl (C=O) groups is 2. The van der Waals surface area contributed by atoms with Crippen molar-refractivity contribution >= 4 is 28.4 Å². The lowest BCUT2D eigenvalue weighted by Gasteiger charge is -2.24. The summed E-state index contributed by atoms with van der Waals surface area (Å²) < 4.78 is 0. The Bertz CT molecular complexity index is 1150. The molecule has 154 valence electrons. The predicted molar refractivity (Wildman–Crippen MR) is 115 cm³/mol. The molecule has 7 heteroatoms. The number of carbonyl (C=O) groups excluding carboxylic acids is 2. The fourth-order valence-electron chi connectivity index (χ4n) is 3.84. The highest BCUT2D eigenvalue weighted by molar-refractivity contribution is 6.00. The highest BCUT2D eigenvalue weighted by Gasteiger charge is 2.37. The van der Waals surface area contributed by atoms with Crippen LogP contribution in [0.1, 0.15) is 24.7 Å². The second-order valence-electron chi connectivity index (χ2n) is 7.62. The summed E-state index contributed by atoms with van der Waals surface area (Å²) in [7, 11) is 0. The molecule has 1 saturated heterocycles. The van der Waals surface area contributed by atoms with Crippen molar-refractivity contribution in [2.75, 3.05) is 18.0 Å². The number of fused-ring (bicyclic) bond motifs is 1. The van der Waals surface area contributed by atoms with E-state index in [1.807, 2.05) is 44.2 Å². The van der Waals surface area contributed by atoms with Gasteiger partial charge in [-0.25, -0.2) is 4.98 Å². The lowest BCUT2D eigenvalue weighted by atomic mass is 10.1. The van der Waals surface area contributed by atoms with Crippen LogP contribution < -0.4 is 10.5 Å². The molecule has 3 aromatic rings. The zero-order valence-electron chi connectivity index (χ0n) is 17.1. The summed E-state index contributed by atoms with van der Waals surface area (Å²) >= 11 is 0. The molecule has 0 spiro atoms. The van der Waals surface area contributed by atoms with Gasteiger partial charge in [-0.2, -0.15) is 0 Å². The van der Waals surface area contributed by atoms with E-state index in [9.17, 15) is 14.4 Å². The summed E-state index contributed by atoms with van der Waals surface area (Å²) in [6, 6.07) is 14.8. The van der Waals surface area contributed by atoms with Crippen molar-refractivity contribution in [3.8, 4) is 0 Å². The summed E-state index contributed by atoms with van der Waals surface area (Å²) in [5.74, 6) is -0.124. The first-order valence-electron chi connectivity index (χ1n) is 10.1. The van der Waals surface area contributed by atoms with Crippen LogP contribution in [-0.4, -0.2) is 39.8 Å². The maximum atomic E-state index is 13.1. The lowest BCUT2D eigenvalue weighted by Crippen LogP contribution is -2.37. The van der Waals surface area contributed by atoms with Gasteiger partial charge in [0.15, 0.2) is 0 Å². The number of amides is 2. The molecular formula is C23H24N4O3. The van der Waals surface area contributed by atoms with E-state index in [0.29, 0.717) is 29.8 Å². The molecule has 1 aliphatic rings. The van der Waals surface area contributed by atoms with Gasteiger partial charge in [-0.05, 0) is 38.1 Å². The zero-order chi connectivity index (χ0) is 21.3. The molecule has 2 amide bonds. The minimum atomic E-state index is -0.411. The maximum Gasteiger partial charge on any atom is 0.258 e. The van der Waals surface area contributed by atoms with Gasteiger partial charge >= 0.3 is 0 Å². The average molecular weight is 404 g/mol. The topological polar surface area (TPSA) is 86.4 Å². The third-order valence-corrected chi connectivity index (χ3v) is 5.52. The molecule has 30 heavy (non-hydrogen) atoms. The molecule has 0 radical (unpaired) electrons. The van der Waals surface area contributed by atoms with E-state index in [0.717, 1.165) is 11.3 Å². The van der Waals surface area contributed by atoms with Crippen LogP contribution in [0.2, 0.25) is 0 Å². The van der Waals surface area contributed by atoms with Crippen molar-refractivity contribution in [1.29, 1.82) is 0 Å². The molecule has 1 aromatic heterocycles. The Labute approximate surface area is 174 Å². The van der Waals surface area contributed by atoms with E-state index in [4.69, 9.17) is 0 Å². The van der Waals surface area contributed by atoms with Crippen molar-refractivity contribution in [3.05, 3.63) is 70.3 Å². The van der Waals surface area contributed by atoms with Crippen LogP contribution in [0.4, 0.5) is 5.69 Å². The van der Waals surface area contributed by atoms with Gasteiger partial charge in [-0.3, -0.25) is 14.4 Å². The fraction of sp³-hybridized carbons (Fsp3) is 0.304.